The molecule has 1 aliphatic heterocycles. The Labute approximate surface area is 182 Å². The summed E-state index contributed by atoms with van der Waals surface area (Å²) >= 11 is 0. The first kappa shape index (κ1) is 21.1. The van der Waals surface area contributed by atoms with E-state index in [9.17, 15) is 9.59 Å². The number of aromatic nitrogens is 4. The van der Waals surface area contributed by atoms with Gasteiger partial charge in [0.2, 0.25) is 11.8 Å². The van der Waals surface area contributed by atoms with Crippen LogP contribution in [0.3, 0.4) is 0 Å². The van der Waals surface area contributed by atoms with Crippen LogP contribution in [0.5, 0.6) is 0 Å². The quantitative estimate of drug-likeness (QED) is 0.611. The molecule has 1 fully saturated rings. The third-order valence-corrected chi connectivity index (χ3v) is 6.05. The fraction of sp³-hybridized carbons (Fsp3) is 0.478. The number of nitrogens with one attached hydrogen (secondary N) is 2. The molecule has 1 saturated heterocycles. The molecular formula is C23H30N6O2. The lowest BCUT2D eigenvalue weighted by Gasteiger charge is -2.16. The number of hydrogen-bond acceptors (Lipinski definition) is 4. The number of nitrogens with zero attached hydrogens (tertiary/aromatic N) is 4. The monoisotopic (exact) mass is 422 g/mol. The summed E-state index contributed by atoms with van der Waals surface area (Å²) in [6.07, 6.45) is 3.58. The van der Waals surface area contributed by atoms with Crippen molar-refractivity contribution < 1.29 is 9.59 Å². The van der Waals surface area contributed by atoms with Crippen LogP contribution in [0.25, 0.3) is 11.0 Å². The molecule has 0 bridgehead atoms. The van der Waals surface area contributed by atoms with Gasteiger partial charge in [-0.1, -0.05) is 0 Å². The van der Waals surface area contributed by atoms with Crippen LogP contribution in [0.2, 0.25) is 0 Å². The summed E-state index contributed by atoms with van der Waals surface area (Å²) in [5.74, 6) is 0.786. The minimum absolute atomic E-state index is 0.0159. The molecule has 0 aliphatic carbocycles. The largest absolute Gasteiger partial charge is 0.354 e. The molecular weight excluding hydrogens is 392 g/mol. The van der Waals surface area contributed by atoms with E-state index in [1.165, 1.54) is 11.1 Å². The van der Waals surface area contributed by atoms with Crippen LogP contribution >= 0.6 is 0 Å². The number of fused-ring (bicyclic) bond motifs is 1. The molecule has 0 spiro atoms. The van der Waals surface area contributed by atoms with E-state index in [1.807, 2.05) is 23.9 Å². The van der Waals surface area contributed by atoms with Crippen molar-refractivity contribution in [2.24, 2.45) is 5.92 Å². The highest BCUT2D eigenvalue weighted by Gasteiger charge is 2.30. The summed E-state index contributed by atoms with van der Waals surface area (Å²) in [7, 11) is 0. The summed E-state index contributed by atoms with van der Waals surface area (Å²) in [4.78, 5) is 34.8. The lowest BCUT2D eigenvalue weighted by atomic mass is 10.1. The van der Waals surface area contributed by atoms with E-state index in [-0.39, 0.29) is 17.7 Å². The first-order valence-electron chi connectivity index (χ1n) is 10.9. The molecule has 31 heavy (non-hydrogen) atoms. The maximum absolute atomic E-state index is 12.7. The zero-order chi connectivity index (χ0) is 22.0. The third kappa shape index (κ3) is 4.95. The molecule has 8 heteroatoms. The minimum atomic E-state index is -0.138. The second kappa shape index (κ2) is 8.91. The van der Waals surface area contributed by atoms with Crippen molar-refractivity contribution in [1.82, 2.24) is 30.0 Å². The molecule has 3 heterocycles. The highest BCUT2D eigenvalue weighted by atomic mass is 16.2. The number of imidazole rings is 1. The number of amides is 2. The number of aryl methyl sites for hydroxylation is 4. The fourth-order valence-electron chi connectivity index (χ4n) is 4.05. The lowest BCUT2D eigenvalue weighted by molar-refractivity contribution is -0.130. The molecule has 1 aromatic carbocycles. The maximum Gasteiger partial charge on any atom is 0.225 e. The van der Waals surface area contributed by atoms with Gasteiger partial charge in [0.1, 0.15) is 5.82 Å². The molecule has 1 aliphatic rings. The van der Waals surface area contributed by atoms with Gasteiger partial charge in [0, 0.05) is 38.7 Å². The zero-order valence-electron chi connectivity index (χ0n) is 18.4. The number of rotatable bonds is 7. The minimum Gasteiger partial charge on any atom is -0.354 e. The number of carbonyl (C=O) groups excluding carboxylic acids is 2. The average Bonchev–Trinajstić information content (AvgIpc) is 3.46. The number of benzene rings is 1. The van der Waals surface area contributed by atoms with Crippen LogP contribution in [0.1, 0.15) is 35.5 Å². The Morgan fingerprint density at radius 3 is 2.81 bits per heavy atom. The van der Waals surface area contributed by atoms with Gasteiger partial charge >= 0.3 is 0 Å². The lowest BCUT2D eigenvalue weighted by Crippen LogP contribution is -2.36. The van der Waals surface area contributed by atoms with Gasteiger partial charge < -0.3 is 15.2 Å². The first-order valence-corrected chi connectivity index (χ1v) is 10.9. The Morgan fingerprint density at radius 2 is 2.03 bits per heavy atom. The second-order valence-electron chi connectivity index (χ2n) is 8.47. The van der Waals surface area contributed by atoms with Crippen molar-refractivity contribution in [2.45, 2.75) is 46.6 Å². The van der Waals surface area contributed by atoms with Gasteiger partial charge in [-0.3, -0.25) is 14.3 Å². The first-order chi connectivity index (χ1) is 14.9. The van der Waals surface area contributed by atoms with Crippen molar-refractivity contribution in [3.63, 3.8) is 0 Å². The average molecular weight is 423 g/mol. The number of aromatic amines is 1. The van der Waals surface area contributed by atoms with Gasteiger partial charge in [0.05, 0.1) is 29.2 Å². The molecule has 0 saturated carbocycles. The summed E-state index contributed by atoms with van der Waals surface area (Å²) in [5, 5.41) is 7.28. The number of carbonyl (C=O) groups is 2. The van der Waals surface area contributed by atoms with Crippen LogP contribution < -0.4 is 5.32 Å². The van der Waals surface area contributed by atoms with Gasteiger partial charge in [0.25, 0.3) is 0 Å². The molecule has 1 atom stereocenters. The van der Waals surface area contributed by atoms with Gasteiger partial charge in [-0.15, -0.1) is 0 Å². The molecule has 0 radical (unpaired) electrons. The van der Waals surface area contributed by atoms with E-state index in [0.717, 1.165) is 22.6 Å². The molecule has 8 nitrogen and oxygen atoms in total. The van der Waals surface area contributed by atoms with Crippen molar-refractivity contribution in [2.75, 3.05) is 19.6 Å². The number of likely N-dealkylation sites (tertiary alicyclic amines) is 1. The Hall–Kier alpha value is -3.16. The van der Waals surface area contributed by atoms with Crippen molar-refractivity contribution >= 4 is 22.8 Å². The second-order valence-corrected chi connectivity index (χ2v) is 8.47. The van der Waals surface area contributed by atoms with E-state index in [0.29, 0.717) is 45.4 Å². The Balaban J connectivity index is 1.23. The molecule has 1 unspecified atom stereocenters. The van der Waals surface area contributed by atoms with Crippen LogP contribution in [-0.2, 0) is 22.6 Å². The van der Waals surface area contributed by atoms with Gasteiger partial charge in [-0.2, -0.15) is 5.10 Å². The number of hydrogen-bond donors (Lipinski definition) is 2. The predicted molar refractivity (Wildman–Crippen MR) is 119 cm³/mol. The summed E-state index contributed by atoms with van der Waals surface area (Å²) < 4.78 is 1.82. The SMILES string of the molecule is Cc1ccn(CCNC(=O)C2CCN(C(=O)CCc3nc4cc(C)c(C)cc4[nH]3)C2)n1. The summed E-state index contributed by atoms with van der Waals surface area (Å²) in [5.41, 5.74) is 5.34. The zero-order valence-corrected chi connectivity index (χ0v) is 18.4. The Kier molecular flexibility index (Phi) is 6.06. The fourth-order valence-corrected chi connectivity index (χ4v) is 4.05. The highest BCUT2D eigenvalue weighted by Crippen LogP contribution is 2.20. The van der Waals surface area contributed by atoms with Gasteiger partial charge in [0.15, 0.2) is 0 Å². The smallest absolute Gasteiger partial charge is 0.225 e. The van der Waals surface area contributed by atoms with Crippen molar-refractivity contribution in [3.8, 4) is 0 Å². The van der Waals surface area contributed by atoms with Crippen LogP contribution in [0, 0.1) is 26.7 Å². The molecule has 164 valence electrons. The Morgan fingerprint density at radius 1 is 1.23 bits per heavy atom. The number of H-pyrrole nitrogens is 1. The van der Waals surface area contributed by atoms with Crippen LogP contribution in [0.4, 0.5) is 0 Å². The van der Waals surface area contributed by atoms with E-state index >= 15 is 0 Å². The van der Waals surface area contributed by atoms with Crippen LogP contribution in [0.15, 0.2) is 24.4 Å². The summed E-state index contributed by atoms with van der Waals surface area (Å²) in [6, 6.07) is 6.11. The van der Waals surface area contributed by atoms with E-state index in [1.54, 1.807) is 4.90 Å². The van der Waals surface area contributed by atoms with Crippen molar-refractivity contribution in [1.29, 1.82) is 0 Å². The highest BCUT2D eigenvalue weighted by molar-refractivity contribution is 5.82. The topological polar surface area (TPSA) is 95.9 Å². The predicted octanol–water partition coefficient (Wildman–Crippen LogP) is 2.28. The molecule has 3 aromatic rings. The molecule has 2 N–H and O–H groups in total. The van der Waals surface area contributed by atoms with Gasteiger partial charge in [-0.05, 0) is 56.5 Å². The molecule has 4 rings (SSSR count). The van der Waals surface area contributed by atoms with E-state index in [4.69, 9.17) is 0 Å². The normalized spacial score (nSPS) is 16.2. The van der Waals surface area contributed by atoms with E-state index in [2.05, 4.69) is 46.4 Å². The van der Waals surface area contributed by atoms with Crippen LogP contribution in [-0.4, -0.2) is 56.1 Å². The molecule has 2 amide bonds. The van der Waals surface area contributed by atoms with Gasteiger partial charge in [-0.25, -0.2) is 4.98 Å². The molecule has 2 aromatic heterocycles. The maximum atomic E-state index is 12.7. The standard InChI is InChI=1S/C23H30N6O2/c1-15-12-19-20(13-16(15)2)26-21(25-19)4-5-22(30)28-9-7-18(14-28)23(31)24-8-11-29-10-6-17(3)27-29/h6,10,12-13,18H,4-5,7-9,11,14H2,1-3H3,(H,24,31)(H,25,26). The van der Waals surface area contributed by atoms with E-state index < -0.39 is 0 Å². The Bertz CT molecular complexity index is 1060. The summed E-state index contributed by atoms with van der Waals surface area (Å²) in [6.45, 7) is 8.40. The third-order valence-electron chi connectivity index (χ3n) is 6.05. The van der Waals surface area contributed by atoms with Crippen molar-refractivity contribution in [3.05, 3.63) is 47.0 Å².